The fourth-order valence-electron chi connectivity index (χ4n) is 1.46. The lowest BCUT2D eigenvalue weighted by molar-refractivity contribution is 0.843. The van der Waals surface area contributed by atoms with Gasteiger partial charge in [0.25, 0.3) is 5.56 Å². The summed E-state index contributed by atoms with van der Waals surface area (Å²) in [5.41, 5.74) is 1.13. The minimum Gasteiger partial charge on any atom is -0.286 e. The molecular weight excluding hydrogens is 235 g/mol. The van der Waals surface area contributed by atoms with E-state index in [1.807, 2.05) is 6.92 Å². The number of nitrogens with zero attached hydrogens (tertiary/aromatic N) is 2. The molecule has 15 heavy (non-hydrogen) atoms. The summed E-state index contributed by atoms with van der Waals surface area (Å²) in [5.74, 6) is 0. The lowest BCUT2D eigenvalue weighted by atomic mass is 10.1. The van der Waals surface area contributed by atoms with Crippen LogP contribution in [-0.2, 0) is 7.05 Å². The van der Waals surface area contributed by atoms with E-state index in [0.29, 0.717) is 15.9 Å². The Morgan fingerprint density at radius 2 is 2.00 bits per heavy atom. The summed E-state index contributed by atoms with van der Waals surface area (Å²) in [4.78, 5) is 16.0. The third-order valence-corrected chi connectivity index (χ3v) is 2.98. The summed E-state index contributed by atoms with van der Waals surface area (Å²) >= 11 is 11.8. The number of aromatic nitrogens is 2. The predicted molar refractivity (Wildman–Crippen MR) is 61.7 cm³/mol. The molecule has 0 radical (unpaired) electrons. The molecule has 0 N–H and O–H groups in total. The van der Waals surface area contributed by atoms with Crippen molar-refractivity contribution in [2.45, 2.75) is 6.92 Å². The van der Waals surface area contributed by atoms with Crippen molar-refractivity contribution in [3.8, 4) is 0 Å². The lowest BCUT2D eigenvalue weighted by Crippen LogP contribution is -2.19. The van der Waals surface area contributed by atoms with Crippen LogP contribution in [0.3, 0.4) is 0 Å². The molecule has 0 bridgehead atoms. The number of hydrogen-bond donors (Lipinski definition) is 0. The molecule has 0 saturated carbocycles. The Labute approximate surface area is 96.3 Å². The Kier molecular flexibility index (Phi) is 2.44. The van der Waals surface area contributed by atoms with Crippen LogP contribution in [0.5, 0.6) is 0 Å². The van der Waals surface area contributed by atoms with E-state index in [0.717, 1.165) is 5.56 Å². The van der Waals surface area contributed by atoms with E-state index in [4.69, 9.17) is 23.2 Å². The van der Waals surface area contributed by atoms with Crippen LogP contribution in [0.2, 0.25) is 10.3 Å². The minimum atomic E-state index is -0.176. The van der Waals surface area contributed by atoms with Crippen molar-refractivity contribution >= 4 is 34.1 Å². The molecule has 78 valence electrons. The van der Waals surface area contributed by atoms with Gasteiger partial charge in [0.2, 0.25) is 5.28 Å². The lowest BCUT2D eigenvalue weighted by Gasteiger charge is -2.06. The summed E-state index contributed by atoms with van der Waals surface area (Å²) in [5, 5.41) is 1.10. The average Bonchev–Trinajstić information content (AvgIpc) is 2.20. The first-order valence-corrected chi connectivity index (χ1v) is 5.09. The van der Waals surface area contributed by atoms with Crippen molar-refractivity contribution in [3.63, 3.8) is 0 Å². The van der Waals surface area contributed by atoms with Gasteiger partial charge in [0, 0.05) is 7.05 Å². The Morgan fingerprint density at radius 1 is 1.33 bits per heavy atom. The zero-order valence-corrected chi connectivity index (χ0v) is 9.73. The molecule has 0 atom stereocenters. The van der Waals surface area contributed by atoms with E-state index >= 15 is 0 Å². The van der Waals surface area contributed by atoms with Gasteiger partial charge >= 0.3 is 0 Å². The van der Waals surface area contributed by atoms with Gasteiger partial charge in [0.1, 0.15) is 0 Å². The van der Waals surface area contributed by atoms with Crippen LogP contribution in [0, 0.1) is 6.92 Å². The molecular formula is C10H8Cl2N2O. The molecule has 5 heteroatoms. The number of rotatable bonds is 0. The highest BCUT2D eigenvalue weighted by atomic mass is 35.5. The molecule has 0 aliphatic carbocycles. The topological polar surface area (TPSA) is 34.9 Å². The van der Waals surface area contributed by atoms with Gasteiger partial charge in [-0.25, -0.2) is 4.98 Å². The highest BCUT2D eigenvalue weighted by Crippen LogP contribution is 2.22. The summed E-state index contributed by atoms with van der Waals surface area (Å²) in [6.07, 6.45) is 0. The summed E-state index contributed by atoms with van der Waals surface area (Å²) < 4.78 is 1.30. The zero-order chi connectivity index (χ0) is 11.2. The van der Waals surface area contributed by atoms with Crippen LogP contribution >= 0.6 is 23.2 Å². The van der Waals surface area contributed by atoms with Crippen molar-refractivity contribution < 1.29 is 0 Å². The molecule has 0 saturated heterocycles. The first kappa shape index (κ1) is 10.5. The van der Waals surface area contributed by atoms with Crippen LogP contribution in [0.4, 0.5) is 0 Å². The average molecular weight is 243 g/mol. The molecule has 2 aromatic rings. The summed E-state index contributed by atoms with van der Waals surface area (Å²) in [6, 6.07) is 3.50. The Hall–Kier alpha value is -1.06. The zero-order valence-electron chi connectivity index (χ0n) is 8.21. The molecule has 2 rings (SSSR count). The van der Waals surface area contributed by atoms with Crippen molar-refractivity contribution in [2.24, 2.45) is 7.05 Å². The van der Waals surface area contributed by atoms with E-state index in [-0.39, 0.29) is 10.8 Å². The third kappa shape index (κ3) is 1.52. The number of aryl methyl sites for hydroxylation is 1. The smallest absolute Gasteiger partial charge is 0.262 e. The van der Waals surface area contributed by atoms with Gasteiger partial charge in [0.05, 0.1) is 15.9 Å². The fraction of sp³-hybridized carbons (Fsp3) is 0.200. The standard InChI is InChI=1S/C10H8Cl2N2O/c1-5-3-4-6(11)8-7(5)9(15)14(2)10(12)13-8/h3-4H,1-2H3. The molecule has 1 aromatic carbocycles. The molecule has 0 fully saturated rings. The maximum absolute atomic E-state index is 11.9. The van der Waals surface area contributed by atoms with Gasteiger partial charge < -0.3 is 0 Å². The molecule has 1 aromatic heterocycles. The molecule has 0 amide bonds. The van der Waals surface area contributed by atoms with E-state index in [1.165, 1.54) is 4.57 Å². The van der Waals surface area contributed by atoms with Gasteiger partial charge in [-0.3, -0.25) is 9.36 Å². The molecule has 0 aliphatic heterocycles. The number of hydrogen-bond acceptors (Lipinski definition) is 2. The largest absolute Gasteiger partial charge is 0.286 e. The summed E-state index contributed by atoms with van der Waals surface area (Å²) in [6.45, 7) is 1.84. The molecule has 1 heterocycles. The monoisotopic (exact) mass is 242 g/mol. The van der Waals surface area contributed by atoms with E-state index in [2.05, 4.69) is 4.98 Å². The van der Waals surface area contributed by atoms with Gasteiger partial charge in [-0.15, -0.1) is 0 Å². The molecule has 3 nitrogen and oxygen atoms in total. The van der Waals surface area contributed by atoms with Gasteiger partial charge in [0.15, 0.2) is 0 Å². The summed E-state index contributed by atoms with van der Waals surface area (Å²) in [7, 11) is 1.58. The number of fused-ring (bicyclic) bond motifs is 1. The van der Waals surface area contributed by atoms with E-state index < -0.39 is 0 Å². The fourth-order valence-corrected chi connectivity index (χ4v) is 1.83. The maximum Gasteiger partial charge on any atom is 0.262 e. The van der Waals surface area contributed by atoms with Crippen molar-refractivity contribution in [2.75, 3.05) is 0 Å². The van der Waals surface area contributed by atoms with Gasteiger partial charge in [-0.2, -0.15) is 0 Å². The van der Waals surface area contributed by atoms with Crippen LogP contribution in [0.15, 0.2) is 16.9 Å². The second kappa shape index (κ2) is 3.51. The first-order valence-electron chi connectivity index (χ1n) is 4.33. The quantitative estimate of drug-likeness (QED) is 0.666. The van der Waals surface area contributed by atoms with Crippen molar-refractivity contribution in [3.05, 3.63) is 38.4 Å². The number of halogens is 2. The Bertz CT molecular complexity index is 604. The molecule has 0 spiro atoms. The van der Waals surface area contributed by atoms with Crippen LogP contribution in [0.1, 0.15) is 5.56 Å². The van der Waals surface area contributed by atoms with Crippen LogP contribution in [0.25, 0.3) is 10.9 Å². The first-order chi connectivity index (χ1) is 7.02. The van der Waals surface area contributed by atoms with Gasteiger partial charge in [-0.05, 0) is 30.2 Å². The second-order valence-electron chi connectivity index (χ2n) is 3.33. The molecule has 0 aliphatic rings. The van der Waals surface area contributed by atoms with E-state index in [1.54, 1.807) is 19.2 Å². The molecule has 0 unspecified atom stereocenters. The predicted octanol–water partition coefficient (Wildman–Crippen LogP) is 2.55. The van der Waals surface area contributed by atoms with Crippen LogP contribution in [-0.4, -0.2) is 9.55 Å². The van der Waals surface area contributed by atoms with Crippen LogP contribution < -0.4 is 5.56 Å². The SMILES string of the molecule is Cc1ccc(Cl)c2nc(Cl)n(C)c(=O)c12. The Balaban J connectivity index is 3.12. The number of benzene rings is 1. The maximum atomic E-state index is 11.9. The van der Waals surface area contributed by atoms with Crippen molar-refractivity contribution in [1.82, 2.24) is 9.55 Å². The van der Waals surface area contributed by atoms with Gasteiger partial charge in [-0.1, -0.05) is 17.7 Å². The Morgan fingerprint density at radius 3 is 2.67 bits per heavy atom. The third-order valence-electron chi connectivity index (χ3n) is 2.34. The second-order valence-corrected chi connectivity index (χ2v) is 4.08. The minimum absolute atomic E-state index is 0.139. The normalized spacial score (nSPS) is 10.9. The van der Waals surface area contributed by atoms with Crippen molar-refractivity contribution in [1.29, 1.82) is 0 Å². The highest BCUT2D eigenvalue weighted by molar-refractivity contribution is 6.35. The highest BCUT2D eigenvalue weighted by Gasteiger charge is 2.11. The van der Waals surface area contributed by atoms with E-state index in [9.17, 15) is 4.79 Å².